The first kappa shape index (κ1) is 24.3. The Hall–Kier alpha value is -4.00. The Morgan fingerprint density at radius 3 is 2.92 bits per heavy atom. The molecule has 5 heterocycles. The number of carbonyl (C=O) groups is 1. The third kappa shape index (κ3) is 4.16. The van der Waals surface area contributed by atoms with Crippen LogP contribution in [0.25, 0.3) is 21.9 Å². The van der Waals surface area contributed by atoms with Gasteiger partial charge in [0.25, 0.3) is 6.43 Å². The molecule has 200 valence electrons. The van der Waals surface area contributed by atoms with Gasteiger partial charge in [0.2, 0.25) is 5.88 Å². The Morgan fingerprint density at radius 2 is 2.11 bits per heavy atom. The van der Waals surface area contributed by atoms with E-state index >= 15 is 4.39 Å². The smallest absolute Gasteiger partial charge is 0.429 e. The fraction of sp³-hybridized carbons (Fsp3) is 0.400. The van der Waals surface area contributed by atoms with Crippen molar-refractivity contribution >= 4 is 34.1 Å². The predicted molar refractivity (Wildman–Crippen MR) is 135 cm³/mol. The van der Waals surface area contributed by atoms with Gasteiger partial charge in [-0.25, -0.2) is 32.9 Å². The molecule has 1 amide bonds. The quantitative estimate of drug-likeness (QED) is 0.426. The summed E-state index contributed by atoms with van der Waals surface area (Å²) in [6.45, 7) is 3.26. The summed E-state index contributed by atoms with van der Waals surface area (Å²) in [4.78, 5) is 22.8. The number of halogens is 3. The molecule has 10 nitrogen and oxygen atoms in total. The van der Waals surface area contributed by atoms with E-state index in [4.69, 9.17) is 15.2 Å². The average molecular weight is 530 g/mol. The van der Waals surface area contributed by atoms with Crippen LogP contribution in [-0.2, 0) is 4.74 Å². The highest BCUT2D eigenvalue weighted by molar-refractivity contribution is 5.98. The molecule has 0 bridgehead atoms. The normalized spacial score (nSPS) is 21.1. The maximum atomic E-state index is 15.4. The van der Waals surface area contributed by atoms with Crippen LogP contribution in [0, 0.1) is 12.7 Å². The van der Waals surface area contributed by atoms with Crippen molar-refractivity contribution in [3.8, 4) is 17.0 Å². The Morgan fingerprint density at radius 1 is 1.26 bits per heavy atom. The van der Waals surface area contributed by atoms with E-state index in [1.54, 1.807) is 23.2 Å². The van der Waals surface area contributed by atoms with Gasteiger partial charge in [-0.1, -0.05) is 0 Å². The van der Waals surface area contributed by atoms with Crippen LogP contribution in [0.4, 0.5) is 35.2 Å². The van der Waals surface area contributed by atoms with E-state index in [0.717, 1.165) is 5.56 Å². The van der Waals surface area contributed by atoms with Crippen molar-refractivity contribution in [1.29, 1.82) is 0 Å². The molecule has 38 heavy (non-hydrogen) atoms. The Kier molecular flexibility index (Phi) is 6.01. The largest absolute Gasteiger partial charge is 0.474 e. The van der Waals surface area contributed by atoms with Crippen molar-refractivity contribution in [2.45, 2.75) is 31.9 Å². The molecule has 0 aliphatic carbocycles. The average Bonchev–Trinajstić information content (AvgIpc) is 3.20. The fourth-order valence-electron chi connectivity index (χ4n) is 5.34. The zero-order valence-electron chi connectivity index (χ0n) is 20.5. The van der Waals surface area contributed by atoms with Gasteiger partial charge in [-0.05, 0) is 36.4 Å². The van der Waals surface area contributed by atoms with Gasteiger partial charge in [0.15, 0.2) is 5.82 Å². The lowest BCUT2D eigenvalue weighted by atomic mass is 9.97. The molecule has 2 saturated heterocycles. The Labute approximate surface area is 215 Å². The molecule has 13 heteroatoms. The molecule has 1 aromatic carbocycles. The van der Waals surface area contributed by atoms with E-state index in [2.05, 4.69) is 20.7 Å². The second-order valence-corrected chi connectivity index (χ2v) is 9.61. The summed E-state index contributed by atoms with van der Waals surface area (Å²) in [6, 6.07) is 2.85. The van der Waals surface area contributed by atoms with Gasteiger partial charge in [-0.2, -0.15) is 0 Å². The number of aromatic nitrogens is 2. The molecular formula is C25H26F3N7O3. The lowest BCUT2D eigenvalue weighted by molar-refractivity contribution is 0.0348. The van der Waals surface area contributed by atoms with Crippen LogP contribution in [0.2, 0.25) is 0 Å². The van der Waals surface area contributed by atoms with E-state index < -0.39 is 30.5 Å². The third-order valence-corrected chi connectivity index (χ3v) is 7.25. The molecule has 4 N–H and O–H groups in total. The first-order valence-corrected chi connectivity index (χ1v) is 12.3. The minimum absolute atomic E-state index is 0.0616. The van der Waals surface area contributed by atoms with Crippen LogP contribution in [0.3, 0.4) is 0 Å². The third-order valence-electron chi connectivity index (χ3n) is 7.25. The second-order valence-electron chi connectivity index (χ2n) is 9.61. The molecule has 2 fully saturated rings. The van der Waals surface area contributed by atoms with Crippen LogP contribution in [0.15, 0.2) is 24.5 Å². The van der Waals surface area contributed by atoms with Crippen molar-refractivity contribution in [1.82, 2.24) is 19.9 Å². The molecule has 3 aliphatic rings. The number of hydrogen-bond acceptors (Lipinski definition) is 9. The summed E-state index contributed by atoms with van der Waals surface area (Å²) >= 11 is 0. The Balaban J connectivity index is 1.32. The monoisotopic (exact) mass is 529 g/mol. The second kappa shape index (κ2) is 9.39. The number of ether oxygens (including phenoxy) is 2. The number of benzene rings is 1. The van der Waals surface area contributed by atoms with Gasteiger partial charge in [-0.3, -0.25) is 10.3 Å². The maximum Gasteiger partial charge on any atom is 0.429 e. The maximum absolute atomic E-state index is 15.4. The number of alkyl halides is 2. The summed E-state index contributed by atoms with van der Waals surface area (Å²) in [6.07, 6.45) is -0.0379. The minimum atomic E-state index is -2.47. The minimum Gasteiger partial charge on any atom is -0.474 e. The van der Waals surface area contributed by atoms with Crippen molar-refractivity contribution in [3.05, 3.63) is 35.9 Å². The van der Waals surface area contributed by atoms with Crippen molar-refractivity contribution in [2.24, 2.45) is 0 Å². The molecule has 3 aromatic rings. The van der Waals surface area contributed by atoms with Gasteiger partial charge in [0, 0.05) is 48.5 Å². The molecule has 0 radical (unpaired) electrons. The molecule has 2 unspecified atom stereocenters. The number of nitrogen functional groups attached to an aromatic ring is 1. The van der Waals surface area contributed by atoms with Crippen molar-refractivity contribution < 1.29 is 27.4 Å². The van der Waals surface area contributed by atoms with E-state index in [-0.39, 0.29) is 24.3 Å². The number of piperidine rings is 1. The van der Waals surface area contributed by atoms with Crippen molar-refractivity contribution in [3.63, 3.8) is 0 Å². The number of anilines is 3. The number of nitrogens with two attached hydrogens (primary N) is 1. The van der Waals surface area contributed by atoms with Crippen LogP contribution >= 0.6 is 0 Å². The van der Waals surface area contributed by atoms with E-state index in [9.17, 15) is 13.6 Å². The van der Waals surface area contributed by atoms with E-state index in [1.165, 1.54) is 11.2 Å². The number of hydrogen-bond donors (Lipinski definition) is 3. The molecule has 3 aliphatic heterocycles. The summed E-state index contributed by atoms with van der Waals surface area (Å²) in [7, 11) is 0. The van der Waals surface area contributed by atoms with Gasteiger partial charge in [0.1, 0.15) is 30.3 Å². The number of rotatable bonds is 5. The molecule has 2 atom stereocenters. The topological polar surface area (TPSA) is 118 Å². The standard InChI is InChI=1S/C25H26F3N7O3/c1-12-15(8-32-24-23(12)30-3-5-37-24)14-6-13-7-20(31-9-16(13)22(29)21(14)28)33-35-17-10-34(11-19(26)27)4-2-18(17)38-25(35)36/h6-9,17-19,30H,2-5,10-11,29H2,1H3,(H,31,33). The number of nitrogens with one attached hydrogen (secondary N) is 2. The summed E-state index contributed by atoms with van der Waals surface area (Å²) in [5, 5.41) is 5.53. The summed E-state index contributed by atoms with van der Waals surface area (Å²) in [5.74, 6) is 0.176. The molecular weight excluding hydrogens is 503 g/mol. The van der Waals surface area contributed by atoms with Crippen LogP contribution < -0.4 is 21.2 Å². The molecule has 0 saturated carbocycles. The van der Waals surface area contributed by atoms with Gasteiger partial charge in [-0.15, -0.1) is 0 Å². The number of fused-ring (bicyclic) bond motifs is 3. The van der Waals surface area contributed by atoms with Crippen LogP contribution in [0.5, 0.6) is 5.88 Å². The summed E-state index contributed by atoms with van der Waals surface area (Å²) in [5.41, 5.74) is 11.4. The Bertz CT molecular complexity index is 1420. The first-order valence-electron chi connectivity index (χ1n) is 12.3. The highest BCUT2D eigenvalue weighted by Crippen LogP contribution is 2.40. The number of pyridine rings is 2. The molecule has 2 aromatic heterocycles. The van der Waals surface area contributed by atoms with E-state index in [0.29, 0.717) is 59.8 Å². The van der Waals surface area contributed by atoms with Gasteiger partial charge >= 0.3 is 6.09 Å². The summed E-state index contributed by atoms with van der Waals surface area (Å²) < 4.78 is 52.3. The van der Waals surface area contributed by atoms with Crippen LogP contribution in [-0.4, -0.2) is 77.3 Å². The highest BCUT2D eigenvalue weighted by Gasteiger charge is 2.45. The van der Waals surface area contributed by atoms with Crippen LogP contribution in [0.1, 0.15) is 12.0 Å². The lowest BCUT2D eigenvalue weighted by Gasteiger charge is -2.35. The SMILES string of the molecule is Cc1c(-c2cc3cc(NN4C(=O)OC5CCN(CC(F)F)CC54)ncc3c(N)c2F)cnc2c1NCCO2. The number of carbonyl (C=O) groups excluding carboxylic acids is 1. The van der Waals surface area contributed by atoms with E-state index in [1.807, 2.05) is 6.92 Å². The zero-order valence-corrected chi connectivity index (χ0v) is 20.5. The first-order chi connectivity index (χ1) is 18.3. The molecule has 0 spiro atoms. The molecule has 6 rings (SSSR count). The lowest BCUT2D eigenvalue weighted by Crippen LogP contribution is -2.53. The van der Waals surface area contributed by atoms with Crippen molar-refractivity contribution in [2.75, 3.05) is 49.3 Å². The number of nitrogens with zero attached hydrogens (tertiary/aromatic N) is 4. The number of hydrazine groups is 1. The highest BCUT2D eigenvalue weighted by atomic mass is 19.3. The number of amides is 1. The predicted octanol–water partition coefficient (Wildman–Crippen LogP) is 3.62. The van der Waals surface area contributed by atoms with Gasteiger partial charge < -0.3 is 20.5 Å². The fourth-order valence-corrected chi connectivity index (χ4v) is 5.34. The number of likely N-dealkylation sites (tertiary alicyclic amines) is 1. The zero-order chi connectivity index (χ0) is 26.6. The van der Waals surface area contributed by atoms with Gasteiger partial charge in [0.05, 0.1) is 12.2 Å².